The smallest absolute Gasteiger partial charge is 0.237 e. The van der Waals surface area contributed by atoms with Crippen molar-refractivity contribution in [3.63, 3.8) is 0 Å². The molecule has 1 aromatic rings. The summed E-state index contributed by atoms with van der Waals surface area (Å²) in [6.45, 7) is 7.25. The van der Waals surface area contributed by atoms with E-state index in [4.69, 9.17) is 11.6 Å². The van der Waals surface area contributed by atoms with Gasteiger partial charge in [-0.25, -0.2) is 0 Å². The molecule has 1 unspecified atom stereocenters. The summed E-state index contributed by atoms with van der Waals surface area (Å²) in [6, 6.07) is 8.60. The standard InChI is InChI=1S/C19H28ClN3O/c1-15(19(24)21-18-8-9-18)23-13-11-22(12-14-23)10-2-3-16-4-6-17(20)7-5-16/h4-7,15,18H,2-3,8-14H2,1H3,(H,21,24). The third-order valence-electron chi connectivity index (χ3n) is 5.11. The molecule has 1 aromatic carbocycles. The fourth-order valence-electron chi connectivity index (χ4n) is 3.25. The van der Waals surface area contributed by atoms with Crippen molar-refractivity contribution in [1.82, 2.24) is 15.1 Å². The molecule has 1 saturated heterocycles. The van der Waals surface area contributed by atoms with Gasteiger partial charge in [0.1, 0.15) is 0 Å². The number of piperazine rings is 1. The lowest BCUT2D eigenvalue weighted by molar-refractivity contribution is -0.126. The summed E-state index contributed by atoms with van der Waals surface area (Å²) < 4.78 is 0. The van der Waals surface area contributed by atoms with E-state index in [0.717, 1.165) is 57.0 Å². The van der Waals surface area contributed by atoms with Crippen molar-refractivity contribution in [3.8, 4) is 0 Å². The van der Waals surface area contributed by atoms with E-state index in [0.29, 0.717) is 6.04 Å². The van der Waals surface area contributed by atoms with Crippen LogP contribution in [-0.4, -0.2) is 60.5 Å². The first-order valence-corrected chi connectivity index (χ1v) is 9.51. The van der Waals surface area contributed by atoms with E-state index in [9.17, 15) is 4.79 Å². The molecule has 1 aliphatic carbocycles. The molecule has 132 valence electrons. The molecular formula is C19H28ClN3O. The zero-order chi connectivity index (χ0) is 16.9. The van der Waals surface area contributed by atoms with E-state index in [-0.39, 0.29) is 11.9 Å². The first kappa shape index (κ1) is 17.7. The van der Waals surface area contributed by atoms with E-state index >= 15 is 0 Å². The van der Waals surface area contributed by atoms with Gasteiger partial charge in [0.25, 0.3) is 0 Å². The van der Waals surface area contributed by atoms with Crippen LogP contribution in [0.3, 0.4) is 0 Å². The Kier molecular flexibility index (Phi) is 6.14. The number of amides is 1. The van der Waals surface area contributed by atoms with Gasteiger partial charge in [-0.15, -0.1) is 0 Å². The Morgan fingerprint density at radius 3 is 2.50 bits per heavy atom. The molecule has 4 nitrogen and oxygen atoms in total. The fraction of sp³-hybridized carbons (Fsp3) is 0.632. The number of benzene rings is 1. The third-order valence-corrected chi connectivity index (χ3v) is 5.36. The molecule has 1 atom stereocenters. The Morgan fingerprint density at radius 2 is 1.88 bits per heavy atom. The van der Waals surface area contributed by atoms with Gasteiger partial charge in [-0.05, 0) is 56.8 Å². The Balaban J connectivity index is 1.34. The second kappa shape index (κ2) is 8.32. The summed E-state index contributed by atoms with van der Waals surface area (Å²) in [6.07, 6.45) is 4.57. The van der Waals surface area contributed by atoms with Crippen LogP contribution in [0, 0.1) is 0 Å². The molecular weight excluding hydrogens is 322 g/mol. The summed E-state index contributed by atoms with van der Waals surface area (Å²) >= 11 is 5.92. The number of rotatable bonds is 7. The topological polar surface area (TPSA) is 35.6 Å². The van der Waals surface area contributed by atoms with Gasteiger partial charge in [-0.1, -0.05) is 23.7 Å². The van der Waals surface area contributed by atoms with Crippen molar-refractivity contribution >= 4 is 17.5 Å². The molecule has 0 aromatic heterocycles. The molecule has 24 heavy (non-hydrogen) atoms. The molecule has 0 bridgehead atoms. The average Bonchev–Trinajstić information content (AvgIpc) is 3.40. The zero-order valence-electron chi connectivity index (χ0n) is 14.5. The minimum atomic E-state index is 0.00168. The van der Waals surface area contributed by atoms with E-state index in [1.54, 1.807) is 0 Å². The van der Waals surface area contributed by atoms with Crippen molar-refractivity contribution in [2.45, 2.75) is 44.7 Å². The number of carbonyl (C=O) groups is 1. The quantitative estimate of drug-likeness (QED) is 0.821. The van der Waals surface area contributed by atoms with Gasteiger partial charge in [0.15, 0.2) is 0 Å². The Bertz CT molecular complexity index is 536. The average molecular weight is 350 g/mol. The van der Waals surface area contributed by atoms with Crippen LogP contribution in [0.1, 0.15) is 31.7 Å². The molecule has 2 fully saturated rings. The molecule has 1 amide bonds. The molecule has 1 saturated carbocycles. The van der Waals surface area contributed by atoms with E-state index in [2.05, 4.69) is 27.2 Å². The molecule has 0 radical (unpaired) electrons. The molecule has 1 aliphatic heterocycles. The van der Waals surface area contributed by atoms with Gasteiger partial charge in [-0.2, -0.15) is 0 Å². The monoisotopic (exact) mass is 349 g/mol. The molecule has 1 heterocycles. The number of hydrogen-bond acceptors (Lipinski definition) is 3. The molecule has 2 aliphatic rings. The number of carbonyl (C=O) groups excluding carboxylic acids is 1. The van der Waals surface area contributed by atoms with Gasteiger partial charge in [-0.3, -0.25) is 9.69 Å². The maximum atomic E-state index is 12.2. The van der Waals surface area contributed by atoms with Crippen LogP contribution in [0.2, 0.25) is 5.02 Å². The summed E-state index contributed by atoms with van der Waals surface area (Å²) in [5, 5.41) is 3.92. The number of aryl methyl sites for hydroxylation is 1. The van der Waals surface area contributed by atoms with Gasteiger partial charge >= 0.3 is 0 Å². The van der Waals surface area contributed by atoms with Crippen LogP contribution >= 0.6 is 11.6 Å². The molecule has 3 rings (SSSR count). The zero-order valence-corrected chi connectivity index (χ0v) is 15.3. The highest BCUT2D eigenvalue weighted by atomic mass is 35.5. The SMILES string of the molecule is CC(C(=O)NC1CC1)N1CCN(CCCc2ccc(Cl)cc2)CC1. The van der Waals surface area contributed by atoms with Crippen molar-refractivity contribution in [1.29, 1.82) is 0 Å². The van der Waals surface area contributed by atoms with Gasteiger partial charge < -0.3 is 10.2 Å². The Labute approximate surface area is 150 Å². The van der Waals surface area contributed by atoms with Crippen LogP contribution in [-0.2, 0) is 11.2 Å². The largest absolute Gasteiger partial charge is 0.352 e. The number of halogens is 1. The summed E-state index contributed by atoms with van der Waals surface area (Å²) in [5.41, 5.74) is 1.35. The Hall–Kier alpha value is -1.10. The summed E-state index contributed by atoms with van der Waals surface area (Å²) in [5.74, 6) is 0.202. The van der Waals surface area contributed by atoms with Gasteiger partial charge in [0.2, 0.25) is 5.91 Å². The lowest BCUT2D eigenvalue weighted by Gasteiger charge is -2.37. The molecule has 5 heteroatoms. The van der Waals surface area contributed by atoms with Crippen molar-refractivity contribution in [2.24, 2.45) is 0 Å². The van der Waals surface area contributed by atoms with Crippen LogP contribution in [0.5, 0.6) is 0 Å². The summed E-state index contributed by atoms with van der Waals surface area (Å²) in [7, 11) is 0. The van der Waals surface area contributed by atoms with Crippen molar-refractivity contribution in [3.05, 3.63) is 34.9 Å². The second-order valence-electron chi connectivity index (χ2n) is 7.07. The number of hydrogen-bond donors (Lipinski definition) is 1. The highest BCUT2D eigenvalue weighted by Crippen LogP contribution is 2.19. The fourth-order valence-corrected chi connectivity index (χ4v) is 3.37. The van der Waals surface area contributed by atoms with Crippen LogP contribution in [0.15, 0.2) is 24.3 Å². The lowest BCUT2D eigenvalue weighted by Crippen LogP contribution is -2.54. The Morgan fingerprint density at radius 1 is 1.21 bits per heavy atom. The maximum absolute atomic E-state index is 12.2. The number of nitrogens with zero attached hydrogens (tertiary/aromatic N) is 2. The highest BCUT2D eigenvalue weighted by Gasteiger charge is 2.29. The van der Waals surface area contributed by atoms with Crippen molar-refractivity contribution < 1.29 is 4.79 Å². The first-order valence-electron chi connectivity index (χ1n) is 9.13. The third kappa shape index (κ3) is 5.20. The van der Waals surface area contributed by atoms with Gasteiger partial charge in [0.05, 0.1) is 6.04 Å². The van der Waals surface area contributed by atoms with Crippen LogP contribution in [0.4, 0.5) is 0 Å². The number of nitrogens with one attached hydrogen (secondary N) is 1. The van der Waals surface area contributed by atoms with E-state index < -0.39 is 0 Å². The predicted molar refractivity (Wildman–Crippen MR) is 98.4 cm³/mol. The van der Waals surface area contributed by atoms with Crippen molar-refractivity contribution in [2.75, 3.05) is 32.7 Å². The molecule has 1 N–H and O–H groups in total. The van der Waals surface area contributed by atoms with Crippen LogP contribution < -0.4 is 5.32 Å². The lowest BCUT2D eigenvalue weighted by atomic mass is 10.1. The van der Waals surface area contributed by atoms with E-state index in [1.807, 2.05) is 19.1 Å². The normalized spacial score (nSPS) is 20.8. The minimum Gasteiger partial charge on any atom is -0.352 e. The predicted octanol–water partition coefficient (Wildman–Crippen LogP) is 2.56. The van der Waals surface area contributed by atoms with Gasteiger partial charge in [0, 0.05) is 37.2 Å². The second-order valence-corrected chi connectivity index (χ2v) is 7.50. The first-order chi connectivity index (χ1) is 11.6. The summed E-state index contributed by atoms with van der Waals surface area (Å²) in [4.78, 5) is 17.0. The van der Waals surface area contributed by atoms with Crippen LogP contribution in [0.25, 0.3) is 0 Å². The van der Waals surface area contributed by atoms with E-state index in [1.165, 1.54) is 12.0 Å². The highest BCUT2D eigenvalue weighted by molar-refractivity contribution is 6.30. The minimum absolute atomic E-state index is 0.00168. The maximum Gasteiger partial charge on any atom is 0.237 e. The molecule has 0 spiro atoms.